The van der Waals surface area contributed by atoms with Crippen molar-refractivity contribution in [2.24, 2.45) is 11.3 Å². The largest absolute Gasteiger partial charge is 0.464 e. The van der Waals surface area contributed by atoms with Crippen LogP contribution in [-0.4, -0.2) is 60.1 Å². The molecule has 0 aromatic carbocycles. The molecule has 0 aliphatic heterocycles. The number of carbonyl (C=O) groups excluding carboxylic acids is 3. The van der Waals surface area contributed by atoms with E-state index in [2.05, 4.69) is 0 Å². The number of aliphatic hydroxyl groups is 2. The highest BCUT2D eigenvalue weighted by molar-refractivity contribution is 5.95. The van der Waals surface area contributed by atoms with Crippen molar-refractivity contribution in [2.75, 3.05) is 19.8 Å². The second-order valence-electron chi connectivity index (χ2n) is 6.02. The zero-order chi connectivity index (χ0) is 18.2. The Morgan fingerprint density at radius 3 is 1.87 bits per heavy atom. The summed E-state index contributed by atoms with van der Waals surface area (Å²) in [5.74, 6) is -3.74. The molecule has 2 unspecified atom stereocenters. The van der Waals surface area contributed by atoms with Crippen LogP contribution in [0.25, 0.3) is 0 Å². The first-order chi connectivity index (χ1) is 10.6. The van der Waals surface area contributed by atoms with Crippen molar-refractivity contribution < 1.29 is 38.8 Å². The van der Waals surface area contributed by atoms with Crippen LogP contribution >= 0.6 is 0 Å². The van der Waals surface area contributed by atoms with Crippen molar-refractivity contribution >= 4 is 17.9 Å². The highest BCUT2D eigenvalue weighted by atomic mass is 16.6. The van der Waals surface area contributed by atoms with Crippen LogP contribution in [0, 0.1) is 11.3 Å². The molecule has 8 nitrogen and oxygen atoms in total. The Hall–Kier alpha value is -1.67. The van der Waals surface area contributed by atoms with Crippen LogP contribution in [0.4, 0.5) is 0 Å². The Morgan fingerprint density at radius 1 is 0.913 bits per heavy atom. The molecule has 8 heteroatoms. The first-order valence-corrected chi connectivity index (χ1v) is 7.35. The molecule has 0 aromatic rings. The van der Waals surface area contributed by atoms with E-state index >= 15 is 0 Å². The molecule has 0 saturated carbocycles. The summed E-state index contributed by atoms with van der Waals surface area (Å²) in [6.45, 7) is 6.45. The first kappa shape index (κ1) is 21.3. The minimum Gasteiger partial charge on any atom is -0.464 e. The van der Waals surface area contributed by atoms with Crippen molar-refractivity contribution in [3.63, 3.8) is 0 Å². The summed E-state index contributed by atoms with van der Waals surface area (Å²) in [6.07, 6.45) is -1.49. The third-order valence-corrected chi connectivity index (χ3v) is 3.01. The minimum absolute atomic E-state index is 0.249. The molecule has 23 heavy (non-hydrogen) atoms. The molecular formula is C15H26O8. The van der Waals surface area contributed by atoms with Gasteiger partial charge < -0.3 is 24.4 Å². The maximum Gasteiger partial charge on any atom is 0.347 e. The third-order valence-electron chi connectivity index (χ3n) is 3.01. The summed E-state index contributed by atoms with van der Waals surface area (Å²) in [7, 11) is 0. The second kappa shape index (κ2) is 9.46. The van der Waals surface area contributed by atoms with E-state index in [1.807, 2.05) is 0 Å². The van der Waals surface area contributed by atoms with Gasteiger partial charge in [0, 0.05) is 5.41 Å². The maximum absolute atomic E-state index is 11.8. The van der Waals surface area contributed by atoms with Crippen molar-refractivity contribution in [1.29, 1.82) is 0 Å². The van der Waals surface area contributed by atoms with Crippen molar-refractivity contribution in [2.45, 2.75) is 46.8 Å². The van der Waals surface area contributed by atoms with Crippen LogP contribution in [0.1, 0.15) is 34.6 Å². The smallest absolute Gasteiger partial charge is 0.347 e. The molecular weight excluding hydrogens is 308 g/mol. The zero-order valence-electron chi connectivity index (χ0n) is 14.2. The second-order valence-corrected chi connectivity index (χ2v) is 6.02. The van der Waals surface area contributed by atoms with Crippen LogP contribution < -0.4 is 0 Å². The van der Waals surface area contributed by atoms with Gasteiger partial charge in [-0.25, -0.2) is 4.79 Å². The van der Waals surface area contributed by atoms with Gasteiger partial charge >= 0.3 is 17.9 Å². The molecule has 0 spiro atoms. The molecule has 0 aliphatic rings. The summed E-state index contributed by atoms with van der Waals surface area (Å²) in [4.78, 5) is 35.2. The van der Waals surface area contributed by atoms with Crippen molar-refractivity contribution in [3.8, 4) is 0 Å². The lowest BCUT2D eigenvalue weighted by Gasteiger charge is -2.24. The third kappa shape index (κ3) is 7.43. The highest BCUT2D eigenvalue weighted by Gasteiger charge is 2.31. The van der Waals surface area contributed by atoms with Crippen molar-refractivity contribution in [1.82, 2.24) is 0 Å². The van der Waals surface area contributed by atoms with Gasteiger partial charge in [0.2, 0.25) is 0 Å². The maximum atomic E-state index is 11.8. The van der Waals surface area contributed by atoms with Gasteiger partial charge in [-0.1, -0.05) is 6.92 Å². The number of ether oxygens (including phenoxy) is 3. The lowest BCUT2D eigenvalue weighted by Crippen LogP contribution is -2.36. The summed E-state index contributed by atoms with van der Waals surface area (Å²) < 4.78 is 14.7. The summed E-state index contributed by atoms with van der Waals surface area (Å²) in [5.41, 5.74) is -0.992. The molecule has 134 valence electrons. The van der Waals surface area contributed by atoms with Gasteiger partial charge in [-0.15, -0.1) is 0 Å². The van der Waals surface area contributed by atoms with E-state index in [1.165, 1.54) is 20.8 Å². The summed E-state index contributed by atoms with van der Waals surface area (Å²) >= 11 is 0. The first-order valence-electron chi connectivity index (χ1n) is 7.35. The molecule has 0 radical (unpaired) electrons. The van der Waals surface area contributed by atoms with E-state index in [1.54, 1.807) is 13.8 Å². The Morgan fingerprint density at radius 2 is 1.43 bits per heavy atom. The quantitative estimate of drug-likeness (QED) is 0.344. The van der Waals surface area contributed by atoms with Gasteiger partial charge in [0.05, 0.1) is 19.3 Å². The van der Waals surface area contributed by atoms with Gasteiger partial charge in [0.1, 0.15) is 6.61 Å². The lowest BCUT2D eigenvalue weighted by molar-refractivity contribution is -0.176. The number of rotatable bonds is 9. The molecule has 2 atom stereocenters. The number of hydrogen-bond donors (Lipinski definition) is 2. The van der Waals surface area contributed by atoms with Crippen LogP contribution in [0.5, 0.6) is 0 Å². The molecule has 0 rings (SSSR count). The fourth-order valence-electron chi connectivity index (χ4n) is 1.26. The van der Waals surface area contributed by atoms with Gasteiger partial charge in [0.15, 0.2) is 12.0 Å². The topological polar surface area (TPSA) is 119 Å². The number of carbonyl (C=O) groups is 3. The molecule has 0 fully saturated rings. The van der Waals surface area contributed by atoms with Gasteiger partial charge in [-0.3, -0.25) is 9.59 Å². The molecule has 0 amide bonds. The predicted molar refractivity (Wildman–Crippen MR) is 79.2 cm³/mol. The minimum atomic E-state index is -1.24. The molecule has 0 heterocycles. The molecule has 2 N–H and O–H groups in total. The normalized spacial score (nSPS) is 14.1. The molecule has 0 aromatic heterocycles. The highest BCUT2D eigenvalue weighted by Crippen LogP contribution is 2.16. The Bertz CT molecular complexity index is 414. The fourth-order valence-corrected chi connectivity index (χ4v) is 1.26. The average Bonchev–Trinajstić information content (AvgIpc) is 2.50. The monoisotopic (exact) mass is 334 g/mol. The predicted octanol–water partition coefficient (Wildman–Crippen LogP) is 0.0399. The van der Waals surface area contributed by atoms with Crippen LogP contribution in [0.2, 0.25) is 0 Å². The van der Waals surface area contributed by atoms with E-state index in [0.717, 1.165) is 0 Å². The van der Waals surface area contributed by atoms with E-state index in [4.69, 9.17) is 24.4 Å². The standard InChI is InChI=1S/C15H26O8/c1-9(2)22-14(20)11(4)23-13(19)10(3)12(18)21-8-15(5,6-16)7-17/h9-11,16-17H,6-8H2,1-5H3. The van der Waals surface area contributed by atoms with Gasteiger partial charge in [0.25, 0.3) is 0 Å². The number of aliphatic hydroxyl groups excluding tert-OH is 2. The van der Waals surface area contributed by atoms with E-state index < -0.39 is 35.3 Å². The van der Waals surface area contributed by atoms with E-state index in [0.29, 0.717) is 0 Å². The van der Waals surface area contributed by atoms with Gasteiger partial charge in [-0.05, 0) is 27.7 Å². The Kier molecular flexibility index (Phi) is 8.78. The lowest BCUT2D eigenvalue weighted by atomic mass is 9.94. The van der Waals surface area contributed by atoms with Crippen molar-refractivity contribution in [3.05, 3.63) is 0 Å². The fraction of sp³-hybridized carbons (Fsp3) is 0.800. The van der Waals surface area contributed by atoms with Crippen LogP contribution in [0.15, 0.2) is 0 Å². The summed E-state index contributed by atoms with van der Waals surface area (Å²) in [5, 5.41) is 18.2. The SMILES string of the molecule is CC(C)OC(=O)C(C)OC(=O)C(C)C(=O)OCC(C)(CO)CO. The molecule has 0 aliphatic carbocycles. The zero-order valence-corrected chi connectivity index (χ0v) is 14.2. The number of esters is 3. The van der Waals surface area contributed by atoms with E-state index in [9.17, 15) is 14.4 Å². The Labute approximate surface area is 135 Å². The van der Waals surface area contributed by atoms with Crippen LogP contribution in [0.3, 0.4) is 0 Å². The van der Waals surface area contributed by atoms with Crippen LogP contribution in [-0.2, 0) is 28.6 Å². The molecule has 0 saturated heterocycles. The summed E-state index contributed by atoms with van der Waals surface area (Å²) in [6, 6.07) is 0. The molecule has 0 bridgehead atoms. The Balaban J connectivity index is 4.48. The number of hydrogen-bond acceptors (Lipinski definition) is 8. The van der Waals surface area contributed by atoms with E-state index in [-0.39, 0.29) is 25.9 Å². The average molecular weight is 334 g/mol. The van der Waals surface area contributed by atoms with Gasteiger partial charge in [-0.2, -0.15) is 0 Å².